The zero-order valence-electron chi connectivity index (χ0n) is 17.5. The Bertz CT molecular complexity index is 945. The van der Waals surface area contributed by atoms with E-state index in [1.54, 1.807) is 30.2 Å². The Balaban J connectivity index is 1.79. The first-order chi connectivity index (χ1) is 14.6. The lowest BCUT2D eigenvalue weighted by atomic mass is 10.1. The summed E-state index contributed by atoms with van der Waals surface area (Å²) in [4.78, 5) is 15.1. The molecule has 0 aliphatic heterocycles. The fraction of sp³-hybridized carbons (Fsp3) is 0.240. The summed E-state index contributed by atoms with van der Waals surface area (Å²) >= 11 is 0. The molecular weight excluding hydrogens is 376 g/mol. The van der Waals surface area contributed by atoms with Crippen LogP contribution in [0.1, 0.15) is 34.5 Å². The highest BCUT2D eigenvalue weighted by Gasteiger charge is 2.23. The van der Waals surface area contributed by atoms with E-state index in [1.165, 1.54) is 0 Å². The SMILES string of the molecule is COc1cc(C(=O)N(CCN)C(C)c2ccccc2)ccc1OCc1ccccc1. The molecule has 5 nitrogen and oxygen atoms in total. The molecule has 0 saturated heterocycles. The van der Waals surface area contributed by atoms with Gasteiger partial charge in [0, 0.05) is 18.7 Å². The van der Waals surface area contributed by atoms with Gasteiger partial charge in [0.05, 0.1) is 13.2 Å². The third-order valence-electron chi connectivity index (χ3n) is 5.03. The Labute approximate surface area is 178 Å². The van der Waals surface area contributed by atoms with Crippen molar-refractivity contribution in [1.82, 2.24) is 4.90 Å². The topological polar surface area (TPSA) is 64.8 Å². The lowest BCUT2D eigenvalue weighted by Crippen LogP contribution is -2.37. The van der Waals surface area contributed by atoms with Crippen LogP contribution in [-0.2, 0) is 6.61 Å². The van der Waals surface area contributed by atoms with Crippen LogP contribution in [0.5, 0.6) is 11.5 Å². The van der Waals surface area contributed by atoms with Gasteiger partial charge in [0.2, 0.25) is 0 Å². The van der Waals surface area contributed by atoms with Crippen molar-refractivity contribution >= 4 is 5.91 Å². The van der Waals surface area contributed by atoms with Crippen LogP contribution >= 0.6 is 0 Å². The van der Waals surface area contributed by atoms with E-state index in [4.69, 9.17) is 15.2 Å². The van der Waals surface area contributed by atoms with Crippen molar-refractivity contribution in [2.24, 2.45) is 5.73 Å². The molecule has 30 heavy (non-hydrogen) atoms. The number of ether oxygens (including phenoxy) is 2. The van der Waals surface area contributed by atoms with Crippen molar-refractivity contribution < 1.29 is 14.3 Å². The van der Waals surface area contributed by atoms with Crippen LogP contribution in [0.15, 0.2) is 78.9 Å². The van der Waals surface area contributed by atoms with Gasteiger partial charge in [-0.1, -0.05) is 60.7 Å². The number of methoxy groups -OCH3 is 1. The number of nitrogens with zero attached hydrogens (tertiary/aromatic N) is 1. The predicted octanol–water partition coefficient (Wildman–Crippen LogP) is 4.44. The summed E-state index contributed by atoms with van der Waals surface area (Å²) in [5.74, 6) is 1.03. The molecule has 0 saturated carbocycles. The van der Waals surface area contributed by atoms with Crippen LogP contribution < -0.4 is 15.2 Å². The summed E-state index contributed by atoms with van der Waals surface area (Å²) in [5.41, 5.74) is 8.46. The van der Waals surface area contributed by atoms with Crippen molar-refractivity contribution in [1.29, 1.82) is 0 Å². The fourth-order valence-corrected chi connectivity index (χ4v) is 3.34. The summed E-state index contributed by atoms with van der Waals surface area (Å²) in [7, 11) is 1.57. The summed E-state index contributed by atoms with van der Waals surface area (Å²) in [6.07, 6.45) is 0. The zero-order chi connectivity index (χ0) is 21.3. The predicted molar refractivity (Wildman–Crippen MR) is 119 cm³/mol. The molecule has 0 radical (unpaired) electrons. The second kappa shape index (κ2) is 10.5. The van der Waals surface area contributed by atoms with Crippen LogP contribution in [-0.4, -0.2) is 31.0 Å². The van der Waals surface area contributed by atoms with Gasteiger partial charge in [-0.05, 0) is 36.2 Å². The van der Waals surface area contributed by atoms with E-state index in [0.29, 0.717) is 36.8 Å². The summed E-state index contributed by atoms with van der Waals surface area (Å²) in [6, 6.07) is 25.0. The molecular formula is C25H28N2O3. The highest BCUT2D eigenvalue weighted by atomic mass is 16.5. The van der Waals surface area contributed by atoms with Crippen LogP contribution in [0.25, 0.3) is 0 Å². The number of hydrogen-bond acceptors (Lipinski definition) is 4. The van der Waals surface area contributed by atoms with Gasteiger partial charge in [0.25, 0.3) is 5.91 Å². The van der Waals surface area contributed by atoms with Crippen molar-refractivity contribution in [2.75, 3.05) is 20.2 Å². The van der Waals surface area contributed by atoms with E-state index in [1.807, 2.05) is 67.6 Å². The maximum absolute atomic E-state index is 13.3. The van der Waals surface area contributed by atoms with Gasteiger partial charge < -0.3 is 20.1 Å². The van der Waals surface area contributed by atoms with Gasteiger partial charge in [0.15, 0.2) is 11.5 Å². The van der Waals surface area contributed by atoms with Gasteiger partial charge in [-0.15, -0.1) is 0 Å². The van der Waals surface area contributed by atoms with E-state index in [9.17, 15) is 4.79 Å². The lowest BCUT2D eigenvalue weighted by molar-refractivity contribution is 0.0696. The van der Waals surface area contributed by atoms with Gasteiger partial charge in [-0.3, -0.25) is 4.79 Å². The average Bonchev–Trinajstić information content (AvgIpc) is 2.81. The number of rotatable bonds is 9. The molecule has 0 fully saturated rings. The minimum atomic E-state index is -0.0951. The molecule has 1 amide bonds. The highest BCUT2D eigenvalue weighted by molar-refractivity contribution is 5.95. The number of hydrogen-bond donors (Lipinski definition) is 1. The van der Waals surface area contributed by atoms with Crippen molar-refractivity contribution in [3.05, 3.63) is 95.6 Å². The molecule has 3 aromatic carbocycles. The van der Waals surface area contributed by atoms with Crippen LogP contribution in [0.3, 0.4) is 0 Å². The van der Waals surface area contributed by atoms with E-state index >= 15 is 0 Å². The molecule has 1 unspecified atom stereocenters. The molecule has 2 N–H and O–H groups in total. The monoisotopic (exact) mass is 404 g/mol. The molecule has 0 aliphatic rings. The van der Waals surface area contributed by atoms with Gasteiger partial charge in [-0.2, -0.15) is 0 Å². The Morgan fingerprint density at radius 3 is 2.27 bits per heavy atom. The first-order valence-electron chi connectivity index (χ1n) is 10.0. The quantitative estimate of drug-likeness (QED) is 0.573. The smallest absolute Gasteiger partial charge is 0.254 e. The summed E-state index contributed by atoms with van der Waals surface area (Å²) in [6.45, 7) is 3.29. The van der Waals surface area contributed by atoms with E-state index in [0.717, 1.165) is 11.1 Å². The lowest BCUT2D eigenvalue weighted by Gasteiger charge is -2.29. The van der Waals surface area contributed by atoms with Gasteiger partial charge in [0.1, 0.15) is 6.61 Å². The first kappa shape index (κ1) is 21.4. The largest absolute Gasteiger partial charge is 0.493 e. The third-order valence-corrected chi connectivity index (χ3v) is 5.03. The molecule has 5 heteroatoms. The van der Waals surface area contributed by atoms with Crippen LogP contribution in [0.4, 0.5) is 0 Å². The minimum Gasteiger partial charge on any atom is -0.493 e. The van der Waals surface area contributed by atoms with E-state index in [2.05, 4.69) is 0 Å². The van der Waals surface area contributed by atoms with Gasteiger partial charge >= 0.3 is 0 Å². The molecule has 156 valence electrons. The number of carbonyl (C=O) groups excluding carboxylic acids is 1. The highest BCUT2D eigenvalue weighted by Crippen LogP contribution is 2.30. The Hall–Kier alpha value is -3.31. The normalized spacial score (nSPS) is 11.6. The molecule has 0 bridgehead atoms. The van der Waals surface area contributed by atoms with Crippen molar-refractivity contribution in [3.63, 3.8) is 0 Å². The van der Waals surface area contributed by atoms with Gasteiger partial charge in [-0.25, -0.2) is 0 Å². The average molecular weight is 405 g/mol. The molecule has 0 aromatic heterocycles. The van der Waals surface area contributed by atoms with Crippen molar-refractivity contribution in [2.45, 2.75) is 19.6 Å². The Morgan fingerprint density at radius 1 is 0.967 bits per heavy atom. The fourth-order valence-electron chi connectivity index (χ4n) is 3.34. The maximum Gasteiger partial charge on any atom is 0.254 e. The summed E-state index contributed by atoms with van der Waals surface area (Å²) < 4.78 is 11.4. The molecule has 0 aliphatic carbocycles. The Morgan fingerprint density at radius 2 is 1.63 bits per heavy atom. The van der Waals surface area contributed by atoms with Crippen molar-refractivity contribution in [3.8, 4) is 11.5 Å². The zero-order valence-corrected chi connectivity index (χ0v) is 17.5. The number of benzene rings is 3. The third kappa shape index (κ3) is 5.19. The molecule has 3 rings (SSSR count). The number of carbonyl (C=O) groups is 1. The maximum atomic E-state index is 13.3. The number of nitrogens with two attached hydrogens (primary N) is 1. The second-order valence-corrected chi connectivity index (χ2v) is 7.01. The first-order valence-corrected chi connectivity index (χ1v) is 10.0. The minimum absolute atomic E-state index is 0.0929. The van der Waals surface area contributed by atoms with E-state index in [-0.39, 0.29) is 11.9 Å². The van der Waals surface area contributed by atoms with Crippen LogP contribution in [0.2, 0.25) is 0 Å². The second-order valence-electron chi connectivity index (χ2n) is 7.01. The van der Waals surface area contributed by atoms with E-state index < -0.39 is 0 Å². The molecule has 0 heterocycles. The molecule has 0 spiro atoms. The summed E-state index contributed by atoms with van der Waals surface area (Å²) in [5, 5.41) is 0. The molecule has 1 atom stereocenters. The van der Waals surface area contributed by atoms with Crippen LogP contribution in [0, 0.1) is 0 Å². The standard InChI is InChI=1S/C25H28N2O3/c1-19(21-11-7-4-8-12-21)27(16-15-26)25(28)22-13-14-23(24(17-22)29-2)30-18-20-9-5-3-6-10-20/h3-14,17,19H,15-16,18,26H2,1-2H3. The Kier molecular flexibility index (Phi) is 7.46. The number of amides is 1. The molecule has 3 aromatic rings.